The molecule has 0 spiro atoms. The number of rotatable bonds is 6. The second-order valence-corrected chi connectivity index (χ2v) is 7.35. The molecule has 0 saturated carbocycles. The van der Waals surface area contributed by atoms with Gasteiger partial charge in [-0.1, -0.05) is 6.92 Å². The highest BCUT2D eigenvalue weighted by atomic mass is 16.6. The average molecular weight is 341 g/mol. The third kappa shape index (κ3) is 7.29. The summed E-state index contributed by atoms with van der Waals surface area (Å²) in [5.74, 6) is 0. The number of likely N-dealkylation sites (tertiary alicyclic amines) is 1. The summed E-state index contributed by atoms with van der Waals surface area (Å²) < 4.78 is 5.39. The SMILES string of the molecule is CC/C(=C\CC(C)NC1CCN(C(=O)OC(C)(C)C)CC1)[N+](=O)[O-]. The maximum atomic E-state index is 12.0. The van der Waals surface area contributed by atoms with Gasteiger partial charge in [0.15, 0.2) is 0 Å². The van der Waals surface area contributed by atoms with Gasteiger partial charge in [-0.05, 0) is 53.0 Å². The van der Waals surface area contributed by atoms with E-state index < -0.39 is 5.60 Å². The first-order chi connectivity index (χ1) is 11.1. The van der Waals surface area contributed by atoms with Crippen molar-refractivity contribution in [1.82, 2.24) is 10.2 Å². The first-order valence-corrected chi connectivity index (χ1v) is 8.69. The number of piperidine rings is 1. The smallest absolute Gasteiger partial charge is 0.410 e. The van der Waals surface area contributed by atoms with Gasteiger partial charge in [0.25, 0.3) is 0 Å². The van der Waals surface area contributed by atoms with E-state index >= 15 is 0 Å². The molecule has 1 fully saturated rings. The van der Waals surface area contributed by atoms with Crippen molar-refractivity contribution in [3.8, 4) is 0 Å². The van der Waals surface area contributed by atoms with E-state index in [1.54, 1.807) is 17.9 Å². The van der Waals surface area contributed by atoms with Crippen LogP contribution in [0, 0.1) is 10.1 Å². The minimum Gasteiger partial charge on any atom is -0.444 e. The quantitative estimate of drug-likeness (QED) is 0.592. The number of ether oxygens (including phenoxy) is 1. The van der Waals surface area contributed by atoms with Crippen molar-refractivity contribution >= 4 is 6.09 Å². The van der Waals surface area contributed by atoms with Crippen LogP contribution < -0.4 is 5.32 Å². The van der Waals surface area contributed by atoms with E-state index in [-0.39, 0.29) is 22.8 Å². The van der Waals surface area contributed by atoms with Crippen molar-refractivity contribution in [3.05, 3.63) is 21.9 Å². The Morgan fingerprint density at radius 2 is 2.00 bits per heavy atom. The topological polar surface area (TPSA) is 84.7 Å². The molecular formula is C17H31N3O4. The molecule has 1 aliphatic rings. The Bertz CT molecular complexity index is 463. The lowest BCUT2D eigenvalue weighted by Crippen LogP contribution is -2.48. The van der Waals surface area contributed by atoms with Crippen molar-refractivity contribution in [1.29, 1.82) is 0 Å². The second kappa shape index (κ2) is 9.01. The molecule has 138 valence electrons. The number of allylic oxidation sites excluding steroid dienone is 1. The summed E-state index contributed by atoms with van der Waals surface area (Å²) in [4.78, 5) is 24.3. The van der Waals surface area contributed by atoms with Crippen molar-refractivity contribution in [2.24, 2.45) is 0 Å². The summed E-state index contributed by atoms with van der Waals surface area (Å²) in [6.45, 7) is 10.8. The van der Waals surface area contributed by atoms with Crippen molar-refractivity contribution in [2.75, 3.05) is 13.1 Å². The van der Waals surface area contributed by atoms with Crippen molar-refractivity contribution in [3.63, 3.8) is 0 Å². The molecule has 0 aliphatic carbocycles. The van der Waals surface area contributed by atoms with Crippen LogP contribution in [0.2, 0.25) is 0 Å². The molecule has 7 heteroatoms. The summed E-state index contributed by atoms with van der Waals surface area (Å²) >= 11 is 0. The van der Waals surface area contributed by atoms with Crippen LogP contribution in [-0.4, -0.2) is 46.7 Å². The number of carbonyl (C=O) groups excluding carboxylic acids is 1. The molecule has 0 aromatic carbocycles. The van der Waals surface area contributed by atoms with Crippen LogP contribution in [0.25, 0.3) is 0 Å². The molecule has 0 bridgehead atoms. The molecular weight excluding hydrogens is 310 g/mol. The normalized spacial score (nSPS) is 18.4. The standard InChI is InChI=1S/C17H31N3O4/c1-6-15(20(22)23)8-7-13(2)18-14-9-11-19(12-10-14)16(21)24-17(3,4)5/h8,13-14,18H,6-7,9-12H2,1-5H3/b15-8+. The lowest BCUT2D eigenvalue weighted by atomic mass is 10.0. The number of nitrogens with one attached hydrogen (secondary N) is 1. The zero-order valence-corrected chi connectivity index (χ0v) is 15.5. The summed E-state index contributed by atoms with van der Waals surface area (Å²) in [6.07, 6.45) is 4.25. The zero-order chi connectivity index (χ0) is 18.3. The number of amides is 1. The fourth-order valence-corrected chi connectivity index (χ4v) is 2.69. The van der Waals surface area contributed by atoms with E-state index in [4.69, 9.17) is 4.74 Å². The molecule has 1 unspecified atom stereocenters. The van der Waals surface area contributed by atoms with E-state index in [1.807, 2.05) is 27.7 Å². The summed E-state index contributed by atoms with van der Waals surface area (Å²) in [5.41, 5.74) is -0.204. The van der Waals surface area contributed by atoms with E-state index in [0.29, 0.717) is 32.0 Å². The number of nitro groups is 1. The molecule has 0 radical (unpaired) electrons. The highest BCUT2D eigenvalue weighted by Crippen LogP contribution is 2.16. The van der Waals surface area contributed by atoms with Gasteiger partial charge in [0, 0.05) is 31.6 Å². The Morgan fingerprint density at radius 3 is 2.46 bits per heavy atom. The van der Waals surface area contributed by atoms with Crippen LogP contribution >= 0.6 is 0 Å². The molecule has 1 amide bonds. The van der Waals surface area contributed by atoms with Crippen LogP contribution in [0.3, 0.4) is 0 Å². The molecule has 0 aromatic heterocycles. The summed E-state index contributed by atoms with van der Waals surface area (Å²) in [5, 5.41) is 14.3. The van der Waals surface area contributed by atoms with Gasteiger partial charge in [-0.15, -0.1) is 0 Å². The molecule has 1 saturated heterocycles. The lowest BCUT2D eigenvalue weighted by molar-refractivity contribution is -0.427. The highest BCUT2D eigenvalue weighted by Gasteiger charge is 2.27. The Balaban J connectivity index is 2.38. The third-order valence-corrected chi connectivity index (χ3v) is 3.97. The fourth-order valence-electron chi connectivity index (χ4n) is 2.69. The van der Waals surface area contributed by atoms with Crippen molar-refractivity contribution in [2.45, 2.75) is 78.0 Å². The largest absolute Gasteiger partial charge is 0.444 e. The predicted octanol–water partition coefficient (Wildman–Crippen LogP) is 3.32. The molecule has 1 aliphatic heterocycles. The van der Waals surface area contributed by atoms with Gasteiger partial charge < -0.3 is 15.0 Å². The molecule has 24 heavy (non-hydrogen) atoms. The van der Waals surface area contributed by atoms with Gasteiger partial charge in [-0.3, -0.25) is 10.1 Å². The fraction of sp³-hybridized carbons (Fsp3) is 0.824. The highest BCUT2D eigenvalue weighted by molar-refractivity contribution is 5.68. The molecule has 1 rings (SSSR count). The van der Waals surface area contributed by atoms with Crippen LogP contribution in [0.1, 0.15) is 60.3 Å². The number of nitrogens with zero attached hydrogens (tertiary/aromatic N) is 2. The monoisotopic (exact) mass is 341 g/mol. The van der Waals surface area contributed by atoms with E-state index in [0.717, 1.165) is 12.8 Å². The van der Waals surface area contributed by atoms with Crippen LogP contribution in [-0.2, 0) is 4.74 Å². The van der Waals surface area contributed by atoms with E-state index in [1.165, 1.54) is 0 Å². The van der Waals surface area contributed by atoms with Gasteiger partial charge >= 0.3 is 6.09 Å². The minimum absolute atomic E-state index is 0.171. The molecule has 1 heterocycles. The molecule has 7 nitrogen and oxygen atoms in total. The van der Waals surface area contributed by atoms with Crippen molar-refractivity contribution < 1.29 is 14.5 Å². The lowest BCUT2D eigenvalue weighted by Gasteiger charge is -2.34. The minimum atomic E-state index is -0.471. The molecule has 1 N–H and O–H groups in total. The Labute approximate surface area is 144 Å². The van der Waals surface area contributed by atoms with Crippen LogP contribution in [0.5, 0.6) is 0 Å². The molecule has 1 atom stereocenters. The average Bonchev–Trinajstić information content (AvgIpc) is 2.46. The third-order valence-electron chi connectivity index (χ3n) is 3.97. The Kier molecular flexibility index (Phi) is 7.66. The molecule has 0 aromatic rings. The number of hydrogen-bond acceptors (Lipinski definition) is 5. The van der Waals surface area contributed by atoms with Gasteiger partial charge in [0.05, 0.1) is 4.92 Å². The van der Waals surface area contributed by atoms with E-state index in [9.17, 15) is 14.9 Å². The van der Waals surface area contributed by atoms with Crippen LogP contribution in [0.4, 0.5) is 4.79 Å². The first kappa shape index (κ1) is 20.4. The Hall–Kier alpha value is -1.63. The first-order valence-electron chi connectivity index (χ1n) is 8.69. The Morgan fingerprint density at radius 1 is 1.42 bits per heavy atom. The van der Waals surface area contributed by atoms with E-state index in [2.05, 4.69) is 5.32 Å². The predicted molar refractivity (Wildman–Crippen MR) is 93.4 cm³/mol. The van der Waals surface area contributed by atoms with Gasteiger partial charge in [0.2, 0.25) is 5.70 Å². The maximum absolute atomic E-state index is 12.0. The number of carbonyl (C=O) groups is 1. The maximum Gasteiger partial charge on any atom is 0.410 e. The number of hydrogen-bond donors (Lipinski definition) is 1. The van der Waals surface area contributed by atoms with Crippen LogP contribution in [0.15, 0.2) is 11.8 Å². The van der Waals surface area contributed by atoms with Gasteiger partial charge in [-0.25, -0.2) is 4.79 Å². The second-order valence-electron chi connectivity index (χ2n) is 7.35. The summed E-state index contributed by atoms with van der Waals surface area (Å²) in [7, 11) is 0. The van der Waals surface area contributed by atoms with Gasteiger partial charge in [-0.2, -0.15) is 0 Å². The summed E-state index contributed by atoms with van der Waals surface area (Å²) in [6, 6.07) is 0.498. The van der Waals surface area contributed by atoms with Gasteiger partial charge in [0.1, 0.15) is 5.60 Å². The zero-order valence-electron chi connectivity index (χ0n) is 15.5.